The molecular weight excluding hydrogens is 256 g/mol. The number of nitro groups is 1. The molecule has 1 heterocycles. The van der Waals surface area contributed by atoms with E-state index in [0.717, 1.165) is 32.1 Å². The molecule has 2 rings (SSSR count). The van der Waals surface area contributed by atoms with Gasteiger partial charge in [-0.1, -0.05) is 11.6 Å². The average Bonchev–Trinajstić information content (AvgIpc) is 2.38. The van der Waals surface area contributed by atoms with Crippen LogP contribution in [0.25, 0.3) is 0 Å². The van der Waals surface area contributed by atoms with E-state index in [2.05, 4.69) is 0 Å². The lowest BCUT2D eigenvalue weighted by Gasteiger charge is -2.34. The number of hydrogen-bond acceptors (Lipinski definition) is 4. The lowest BCUT2D eigenvalue weighted by atomic mass is 10.0. The van der Waals surface area contributed by atoms with Gasteiger partial charge in [-0.05, 0) is 25.3 Å². The highest BCUT2D eigenvalue weighted by Crippen LogP contribution is 2.33. The minimum absolute atomic E-state index is 0.0385. The van der Waals surface area contributed by atoms with Crippen molar-refractivity contribution in [1.29, 1.82) is 0 Å². The summed E-state index contributed by atoms with van der Waals surface area (Å²) in [4.78, 5) is 23.1. The molecule has 6 heteroatoms. The number of carbonyl (C=O) groups is 1. The summed E-state index contributed by atoms with van der Waals surface area (Å²) >= 11 is 6.07. The van der Waals surface area contributed by atoms with Gasteiger partial charge in [0.1, 0.15) is 6.29 Å². The highest BCUT2D eigenvalue weighted by molar-refractivity contribution is 6.33. The minimum Gasteiger partial charge on any atom is -0.361 e. The Morgan fingerprint density at radius 1 is 1.44 bits per heavy atom. The zero-order chi connectivity index (χ0) is 13.1. The molecule has 96 valence electrons. The van der Waals surface area contributed by atoms with Gasteiger partial charge in [0.2, 0.25) is 0 Å². The average molecular weight is 269 g/mol. The zero-order valence-corrected chi connectivity index (χ0v) is 10.5. The van der Waals surface area contributed by atoms with Crippen LogP contribution >= 0.6 is 11.6 Å². The van der Waals surface area contributed by atoms with E-state index in [-0.39, 0.29) is 11.7 Å². The van der Waals surface area contributed by atoms with Crippen LogP contribution in [0.3, 0.4) is 0 Å². The van der Waals surface area contributed by atoms with Gasteiger partial charge in [0.05, 0.1) is 21.7 Å². The third-order valence-electron chi connectivity index (χ3n) is 3.16. The lowest BCUT2D eigenvalue weighted by molar-refractivity contribution is -0.384. The molecule has 1 aromatic rings. The summed E-state index contributed by atoms with van der Waals surface area (Å²) in [6, 6.07) is 4.17. The van der Waals surface area contributed by atoms with Crippen molar-refractivity contribution in [2.75, 3.05) is 11.4 Å². The third-order valence-corrected chi connectivity index (χ3v) is 3.46. The van der Waals surface area contributed by atoms with E-state index in [4.69, 9.17) is 11.6 Å². The fraction of sp³-hybridized carbons (Fsp3) is 0.417. The first-order valence-corrected chi connectivity index (χ1v) is 6.17. The van der Waals surface area contributed by atoms with Gasteiger partial charge in [-0.15, -0.1) is 0 Å². The van der Waals surface area contributed by atoms with Crippen LogP contribution in [0.5, 0.6) is 0 Å². The van der Waals surface area contributed by atoms with Gasteiger partial charge in [0.25, 0.3) is 5.69 Å². The van der Waals surface area contributed by atoms with Crippen LogP contribution in [0.2, 0.25) is 5.02 Å². The largest absolute Gasteiger partial charge is 0.361 e. The van der Waals surface area contributed by atoms with E-state index in [9.17, 15) is 14.9 Å². The fourth-order valence-electron chi connectivity index (χ4n) is 2.24. The minimum atomic E-state index is -0.483. The Kier molecular flexibility index (Phi) is 3.81. The van der Waals surface area contributed by atoms with Gasteiger partial charge >= 0.3 is 0 Å². The first-order valence-electron chi connectivity index (χ1n) is 5.79. The molecule has 5 nitrogen and oxygen atoms in total. The zero-order valence-electron chi connectivity index (χ0n) is 9.71. The van der Waals surface area contributed by atoms with Gasteiger partial charge in [-0.2, -0.15) is 0 Å². The molecule has 1 aliphatic heterocycles. The monoisotopic (exact) mass is 268 g/mol. The summed E-state index contributed by atoms with van der Waals surface area (Å²) in [5.74, 6) is 0. The maximum absolute atomic E-state index is 11.0. The van der Waals surface area contributed by atoms with E-state index >= 15 is 0 Å². The van der Waals surface area contributed by atoms with Crippen molar-refractivity contribution in [1.82, 2.24) is 0 Å². The van der Waals surface area contributed by atoms with Gasteiger partial charge in [-0.3, -0.25) is 10.1 Å². The van der Waals surface area contributed by atoms with Crippen LogP contribution in [0.4, 0.5) is 11.4 Å². The molecule has 18 heavy (non-hydrogen) atoms. The van der Waals surface area contributed by atoms with Crippen molar-refractivity contribution >= 4 is 29.3 Å². The van der Waals surface area contributed by atoms with Gasteiger partial charge < -0.3 is 9.69 Å². The number of nitro benzene ring substituents is 1. The summed E-state index contributed by atoms with van der Waals surface area (Å²) in [5.41, 5.74) is 0.655. The molecule has 0 aliphatic carbocycles. The predicted molar refractivity (Wildman–Crippen MR) is 69.2 cm³/mol. The Hall–Kier alpha value is -1.62. The molecule has 1 unspecified atom stereocenters. The number of rotatable bonds is 3. The van der Waals surface area contributed by atoms with Crippen molar-refractivity contribution in [2.45, 2.75) is 25.3 Å². The van der Waals surface area contributed by atoms with E-state index in [1.54, 1.807) is 6.07 Å². The Labute approximate surface area is 109 Å². The van der Waals surface area contributed by atoms with Gasteiger partial charge in [-0.25, -0.2) is 0 Å². The summed E-state index contributed by atoms with van der Waals surface area (Å²) in [5, 5.41) is 11.0. The van der Waals surface area contributed by atoms with Crippen LogP contribution in [0.1, 0.15) is 19.3 Å². The Morgan fingerprint density at radius 3 is 2.83 bits per heavy atom. The molecule has 1 fully saturated rings. The fourth-order valence-corrected chi connectivity index (χ4v) is 2.52. The van der Waals surface area contributed by atoms with E-state index in [1.165, 1.54) is 12.1 Å². The highest BCUT2D eigenvalue weighted by atomic mass is 35.5. The number of carbonyl (C=O) groups excluding carboxylic acids is 1. The van der Waals surface area contributed by atoms with E-state index in [1.807, 2.05) is 4.90 Å². The van der Waals surface area contributed by atoms with Crippen LogP contribution < -0.4 is 4.90 Å². The molecule has 1 atom stereocenters. The second-order valence-electron chi connectivity index (χ2n) is 4.29. The number of non-ortho nitro benzene ring substituents is 1. The van der Waals surface area contributed by atoms with Crippen molar-refractivity contribution in [2.24, 2.45) is 0 Å². The maximum atomic E-state index is 11.0. The summed E-state index contributed by atoms with van der Waals surface area (Å²) in [6.07, 6.45) is 3.73. The van der Waals surface area contributed by atoms with Gasteiger partial charge in [0.15, 0.2) is 0 Å². The quantitative estimate of drug-likeness (QED) is 0.480. The Morgan fingerprint density at radius 2 is 2.22 bits per heavy atom. The molecule has 0 spiro atoms. The topological polar surface area (TPSA) is 63.5 Å². The lowest BCUT2D eigenvalue weighted by Crippen LogP contribution is -2.40. The number of aldehydes is 1. The Balaban J connectivity index is 2.32. The smallest absolute Gasteiger partial charge is 0.271 e. The van der Waals surface area contributed by atoms with Crippen LogP contribution in [-0.2, 0) is 4.79 Å². The first kappa shape index (κ1) is 12.8. The number of halogens is 1. The van der Waals surface area contributed by atoms with Crippen molar-refractivity contribution in [3.05, 3.63) is 33.3 Å². The molecule has 0 aromatic heterocycles. The number of benzene rings is 1. The molecular formula is C12H13ClN2O3. The van der Waals surface area contributed by atoms with Crippen molar-refractivity contribution in [3.63, 3.8) is 0 Å². The third kappa shape index (κ3) is 2.46. The molecule has 0 radical (unpaired) electrons. The van der Waals surface area contributed by atoms with Crippen LogP contribution in [-0.4, -0.2) is 23.8 Å². The standard InChI is InChI=1S/C12H13ClN2O3/c13-11-7-9(15(17)18)4-5-12(11)14-6-2-1-3-10(14)8-16/h4-5,7-8,10H,1-3,6H2. The van der Waals surface area contributed by atoms with E-state index in [0.29, 0.717) is 10.7 Å². The second kappa shape index (κ2) is 5.35. The predicted octanol–water partition coefficient (Wildman–Crippen LogP) is 2.81. The number of hydrogen-bond donors (Lipinski definition) is 0. The molecule has 1 aromatic carbocycles. The molecule has 0 N–H and O–H groups in total. The van der Waals surface area contributed by atoms with Crippen molar-refractivity contribution < 1.29 is 9.72 Å². The van der Waals surface area contributed by atoms with Crippen LogP contribution in [0, 0.1) is 10.1 Å². The molecule has 0 amide bonds. The normalized spacial score (nSPS) is 19.6. The van der Waals surface area contributed by atoms with Gasteiger partial charge in [0, 0.05) is 18.7 Å². The van der Waals surface area contributed by atoms with Crippen LogP contribution in [0.15, 0.2) is 18.2 Å². The second-order valence-corrected chi connectivity index (χ2v) is 4.69. The van der Waals surface area contributed by atoms with E-state index < -0.39 is 4.92 Å². The van der Waals surface area contributed by atoms with Crippen molar-refractivity contribution in [3.8, 4) is 0 Å². The summed E-state index contributed by atoms with van der Waals surface area (Å²) in [7, 11) is 0. The summed E-state index contributed by atoms with van der Waals surface area (Å²) < 4.78 is 0. The maximum Gasteiger partial charge on any atom is 0.271 e. The number of piperidine rings is 1. The Bertz CT molecular complexity index is 478. The number of anilines is 1. The SMILES string of the molecule is O=CC1CCCCN1c1ccc([N+](=O)[O-])cc1Cl. The summed E-state index contributed by atoms with van der Waals surface area (Å²) in [6.45, 7) is 0.751. The molecule has 1 saturated heterocycles. The molecule has 0 bridgehead atoms. The molecule has 1 aliphatic rings. The number of nitrogens with zero attached hydrogens (tertiary/aromatic N) is 2. The highest BCUT2D eigenvalue weighted by Gasteiger charge is 2.24. The first-order chi connectivity index (χ1) is 8.63. The molecule has 0 saturated carbocycles.